The zero-order valence-electron chi connectivity index (χ0n) is 10.9. The fraction of sp³-hybridized carbons (Fsp3) is 0.143. The first-order valence-electron chi connectivity index (χ1n) is 6.03. The molecule has 2 aromatic heterocycles. The molecule has 2 heterocycles. The van der Waals surface area contributed by atoms with Gasteiger partial charge in [-0.1, -0.05) is 6.07 Å². The molecule has 0 bridgehead atoms. The van der Waals surface area contributed by atoms with Crippen LogP contribution in [0.3, 0.4) is 0 Å². The van der Waals surface area contributed by atoms with E-state index in [2.05, 4.69) is 21.2 Å². The summed E-state index contributed by atoms with van der Waals surface area (Å²) in [5.41, 5.74) is 0. The Bertz CT molecular complexity index is 633. The minimum Gasteiger partial charge on any atom is -0.452 e. The predicted octanol–water partition coefficient (Wildman–Crippen LogP) is 2.98. The lowest BCUT2D eigenvalue weighted by Gasteiger charge is -2.03. The van der Waals surface area contributed by atoms with Crippen LogP contribution in [-0.4, -0.2) is 18.5 Å². The summed E-state index contributed by atoms with van der Waals surface area (Å²) >= 11 is 4.70. The van der Waals surface area contributed by atoms with Crippen molar-refractivity contribution in [2.45, 2.75) is 6.54 Å². The molecule has 110 valence electrons. The van der Waals surface area contributed by atoms with E-state index in [1.54, 1.807) is 23.5 Å². The Balaban J connectivity index is 1.68. The van der Waals surface area contributed by atoms with Crippen LogP contribution in [0.4, 0.5) is 0 Å². The SMILES string of the molecule is O=C(COC(=O)C=Cc1ccc(Br)o1)NCc1cccs1. The van der Waals surface area contributed by atoms with Crippen molar-refractivity contribution in [3.63, 3.8) is 0 Å². The molecule has 0 unspecified atom stereocenters. The lowest BCUT2D eigenvalue weighted by molar-refractivity contribution is -0.143. The van der Waals surface area contributed by atoms with Crippen molar-refractivity contribution < 1.29 is 18.7 Å². The van der Waals surface area contributed by atoms with Gasteiger partial charge in [-0.05, 0) is 45.6 Å². The number of halogens is 1. The largest absolute Gasteiger partial charge is 0.452 e. The van der Waals surface area contributed by atoms with Crippen molar-refractivity contribution in [3.8, 4) is 0 Å². The van der Waals surface area contributed by atoms with E-state index in [0.717, 1.165) is 4.88 Å². The fourth-order valence-electron chi connectivity index (χ4n) is 1.40. The van der Waals surface area contributed by atoms with Crippen LogP contribution in [0.15, 0.2) is 44.8 Å². The Morgan fingerprint density at radius 3 is 2.90 bits per heavy atom. The van der Waals surface area contributed by atoms with Crippen molar-refractivity contribution in [3.05, 3.63) is 51.0 Å². The third-order valence-electron chi connectivity index (χ3n) is 2.36. The molecular formula is C14H12BrNO4S. The molecule has 0 radical (unpaired) electrons. The van der Waals surface area contributed by atoms with E-state index in [0.29, 0.717) is 17.0 Å². The maximum absolute atomic E-state index is 11.5. The van der Waals surface area contributed by atoms with Crippen molar-refractivity contribution in [1.29, 1.82) is 0 Å². The molecule has 0 aromatic carbocycles. The third-order valence-corrected chi connectivity index (χ3v) is 3.67. The normalized spacial score (nSPS) is 10.7. The van der Waals surface area contributed by atoms with Crippen LogP contribution in [0.2, 0.25) is 0 Å². The van der Waals surface area contributed by atoms with Crippen LogP contribution < -0.4 is 5.32 Å². The number of ether oxygens (including phenoxy) is 1. The lowest BCUT2D eigenvalue weighted by atomic mass is 10.4. The molecule has 0 saturated carbocycles. The van der Waals surface area contributed by atoms with Gasteiger partial charge in [0.15, 0.2) is 11.3 Å². The molecule has 0 aliphatic carbocycles. The molecule has 0 aliphatic heterocycles. The second-order valence-corrected chi connectivity index (χ2v) is 5.75. The van der Waals surface area contributed by atoms with Gasteiger partial charge in [-0.2, -0.15) is 0 Å². The van der Waals surface area contributed by atoms with E-state index in [-0.39, 0.29) is 12.5 Å². The summed E-state index contributed by atoms with van der Waals surface area (Å²) in [5.74, 6) is -0.430. The molecule has 2 rings (SSSR count). The molecule has 5 nitrogen and oxygen atoms in total. The quantitative estimate of drug-likeness (QED) is 0.627. The van der Waals surface area contributed by atoms with Crippen LogP contribution in [0.5, 0.6) is 0 Å². The lowest BCUT2D eigenvalue weighted by Crippen LogP contribution is -2.27. The van der Waals surface area contributed by atoms with Crippen LogP contribution in [0.25, 0.3) is 6.08 Å². The second-order valence-electron chi connectivity index (χ2n) is 3.94. The van der Waals surface area contributed by atoms with Crippen LogP contribution in [-0.2, 0) is 20.9 Å². The Kier molecular flexibility index (Phi) is 5.77. The molecule has 1 N–H and O–H groups in total. The first-order chi connectivity index (χ1) is 10.1. The van der Waals surface area contributed by atoms with Gasteiger partial charge in [0.25, 0.3) is 5.91 Å². The fourth-order valence-corrected chi connectivity index (χ4v) is 2.37. The number of carbonyl (C=O) groups excluding carboxylic acids is 2. The number of nitrogens with one attached hydrogen (secondary N) is 1. The average Bonchev–Trinajstić information content (AvgIpc) is 3.12. The Hall–Kier alpha value is -1.86. The number of hydrogen-bond donors (Lipinski definition) is 1. The van der Waals surface area contributed by atoms with Gasteiger partial charge >= 0.3 is 5.97 Å². The summed E-state index contributed by atoms with van der Waals surface area (Å²) < 4.78 is 10.6. The molecule has 0 spiro atoms. The van der Waals surface area contributed by atoms with Gasteiger partial charge in [0, 0.05) is 11.0 Å². The van der Waals surface area contributed by atoms with Gasteiger partial charge < -0.3 is 14.5 Å². The number of thiophene rings is 1. The maximum atomic E-state index is 11.5. The van der Waals surface area contributed by atoms with E-state index >= 15 is 0 Å². The highest BCUT2D eigenvalue weighted by molar-refractivity contribution is 9.10. The predicted molar refractivity (Wildman–Crippen MR) is 82.6 cm³/mol. The van der Waals surface area contributed by atoms with Crippen LogP contribution in [0, 0.1) is 0 Å². The minimum atomic E-state index is -0.603. The number of hydrogen-bond acceptors (Lipinski definition) is 5. The smallest absolute Gasteiger partial charge is 0.331 e. The molecule has 21 heavy (non-hydrogen) atoms. The summed E-state index contributed by atoms with van der Waals surface area (Å²) in [6.45, 7) is 0.126. The minimum absolute atomic E-state index is 0.309. The summed E-state index contributed by atoms with van der Waals surface area (Å²) in [5, 5.41) is 4.59. The van der Waals surface area contributed by atoms with Crippen LogP contribution in [0.1, 0.15) is 10.6 Å². The van der Waals surface area contributed by atoms with E-state index in [1.165, 1.54) is 12.2 Å². The molecular weight excluding hydrogens is 358 g/mol. The molecule has 1 amide bonds. The van der Waals surface area contributed by atoms with Gasteiger partial charge in [0.05, 0.1) is 6.54 Å². The number of amides is 1. The third kappa shape index (κ3) is 5.57. The van der Waals surface area contributed by atoms with Crippen molar-refractivity contribution >= 4 is 45.2 Å². The van der Waals surface area contributed by atoms with E-state index in [1.807, 2.05) is 17.5 Å². The molecule has 0 fully saturated rings. The summed E-state index contributed by atoms with van der Waals surface area (Å²) in [4.78, 5) is 23.9. The highest BCUT2D eigenvalue weighted by Crippen LogP contribution is 2.15. The van der Waals surface area contributed by atoms with E-state index in [4.69, 9.17) is 9.15 Å². The van der Waals surface area contributed by atoms with Crippen molar-refractivity contribution in [2.24, 2.45) is 0 Å². The summed E-state index contributed by atoms with van der Waals surface area (Å²) in [6, 6.07) is 7.23. The first-order valence-corrected chi connectivity index (χ1v) is 7.70. The maximum Gasteiger partial charge on any atom is 0.331 e. The van der Waals surface area contributed by atoms with Gasteiger partial charge in [-0.15, -0.1) is 11.3 Å². The standard InChI is InChI=1S/C14H12BrNO4S/c15-12-5-3-10(20-12)4-6-14(18)19-9-13(17)16-8-11-2-1-7-21-11/h1-7H,8-9H2,(H,16,17). The highest BCUT2D eigenvalue weighted by atomic mass is 79.9. The second kappa shape index (κ2) is 7.80. The Morgan fingerprint density at radius 2 is 2.24 bits per heavy atom. The number of carbonyl (C=O) groups is 2. The van der Waals surface area contributed by atoms with Crippen molar-refractivity contribution in [2.75, 3.05) is 6.61 Å². The van der Waals surface area contributed by atoms with Gasteiger partial charge in [-0.25, -0.2) is 4.79 Å². The zero-order chi connectivity index (χ0) is 15.1. The molecule has 0 saturated heterocycles. The van der Waals surface area contributed by atoms with Crippen molar-refractivity contribution in [1.82, 2.24) is 5.32 Å². The topological polar surface area (TPSA) is 68.5 Å². The first kappa shape index (κ1) is 15.5. The number of rotatable bonds is 6. The highest BCUT2D eigenvalue weighted by Gasteiger charge is 2.05. The molecule has 7 heteroatoms. The number of furan rings is 1. The average molecular weight is 370 g/mol. The molecule has 0 atom stereocenters. The van der Waals surface area contributed by atoms with Gasteiger partial charge in [0.1, 0.15) is 5.76 Å². The monoisotopic (exact) mass is 369 g/mol. The summed E-state index contributed by atoms with van der Waals surface area (Å²) in [7, 11) is 0. The molecule has 2 aromatic rings. The molecule has 0 aliphatic rings. The Labute approximate surface area is 133 Å². The van der Waals surface area contributed by atoms with Gasteiger partial charge in [-0.3, -0.25) is 4.79 Å². The van der Waals surface area contributed by atoms with Gasteiger partial charge in [0.2, 0.25) is 0 Å². The summed E-state index contributed by atoms with van der Waals surface area (Å²) in [6.07, 6.45) is 2.68. The Morgan fingerprint density at radius 1 is 1.38 bits per heavy atom. The zero-order valence-corrected chi connectivity index (χ0v) is 13.3. The van der Waals surface area contributed by atoms with E-state index < -0.39 is 5.97 Å². The van der Waals surface area contributed by atoms with E-state index in [9.17, 15) is 9.59 Å². The number of esters is 1. The van der Waals surface area contributed by atoms with Crippen LogP contribution >= 0.6 is 27.3 Å².